The summed E-state index contributed by atoms with van der Waals surface area (Å²) in [6, 6.07) is 9.93. The molecule has 0 spiro atoms. The van der Waals surface area contributed by atoms with E-state index in [9.17, 15) is 14.9 Å². The Hall–Kier alpha value is -3.56. The van der Waals surface area contributed by atoms with E-state index in [0.717, 1.165) is 12.5 Å². The number of piperazine rings is 1. The SMILES string of the molecule is CCNC(=NCCNc1ccccc1[N+](=O)[O-])N1CCN(C(=O)c2ccco2)CC1. The molecular weight excluding hydrogens is 388 g/mol. The number of nitro benzene ring substituents is 1. The number of nitrogens with zero attached hydrogens (tertiary/aromatic N) is 4. The fourth-order valence-corrected chi connectivity index (χ4v) is 3.24. The number of hydrogen-bond acceptors (Lipinski definition) is 6. The van der Waals surface area contributed by atoms with E-state index in [-0.39, 0.29) is 11.6 Å². The molecule has 30 heavy (non-hydrogen) atoms. The van der Waals surface area contributed by atoms with Crippen LogP contribution in [0, 0.1) is 10.1 Å². The highest BCUT2D eigenvalue weighted by Gasteiger charge is 2.25. The van der Waals surface area contributed by atoms with Gasteiger partial charge in [0.05, 0.1) is 17.7 Å². The Morgan fingerprint density at radius 2 is 1.90 bits per heavy atom. The van der Waals surface area contributed by atoms with Crippen LogP contribution in [0.25, 0.3) is 0 Å². The van der Waals surface area contributed by atoms with E-state index in [1.165, 1.54) is 12.3 Å². The number of rotatable bonds is 7. The zero-order valence-corrected chi connectivity index (χ0v) is 16.9. The number of nitro groups is 1. The molecular formula is C20H26N6O4. The average Bonchev–Trinajstić information content (AvgIpc) is 3.30. The van der Waals surface area contributed by atoms with Gasteiger partial charge in [-0.1, -0.05) is 12.1 Å². The summed E-state index contributed by atoms with van der Waals surface area (Å²) in [4.78, 5) is 31.6. The number of anilines is 1. The van der Waals surface area contributed by atoms with Crippen LogP contribution < -0.4 is 10.6 Å². The molecule has 1 aromatic carbocycles. The molecule has 10 heteroatoms. The fourth-order valence-electron chi connectivity index (χ4n) is 3.24. The van der Waals surface area contributed by atoms with Gasteiger partial charge >= 0.3 is 0 Å². The van der Waals surface area contributed by atoms with Gasteiger partial charge in [0, 0.05) is 45.3 Å². The third-order valence-electron chi connectivity index (χ3n) is 4.72. The molecule has 2 aromatic rings. The molecule has 0 bridgehead atoms. The molecule has 1 aliphatic heterocycles. The Morgan fingerprint density at radius 1 is 1.17 bits per heavy atom. The molecule has 1 aromatic heterocycles. The summed E-state index contributed by atoms with van der Waals surface area (Å²) < 4.78 is 5.20. The Bertz CT molecular complexity index is 875. The van der Waals surface area contributed by atoms with E-state index in [1.54, 1.807) is 35.2 Å². The lowest BCUT2D eigenvalue weighted by molar-refractivity contribution is -0.384. The van der Waals surface area contributed by atoms with Crippen LogP contribution in [-0.2, 0) is 0 Å². The summed E-state index contributed by atoms with van der Waals surface area (Å²) in [5.74, 6) is 1.02. The molecule has 1 amide bonds. The van der Waals surface area contributed by atoms with Crippen LogP contribution in [-0.4, -0.2) is 72.4 Å². The van der Waals surface area contributed by atoms with E-state index in [2.05, 4.69) is 20.5 Å². The van der Waals surface area contributed by atoms with E-state index < -0.39 is 4.92 Å². The molecule has 0 saturated carbocycles. The summed E-state index contributed by atoms with van der Waals surface area (Å²) >= 11 is 0. The summed E-state index contributed by atoms with van der Waals surface area (Å²) in [7, 11) is 0. The maximum absolute atomic E-state index is 12.4. The summed E-state index contributed by atoms with van der Waals surface area (Å²) in [5.41, 5.74) is 0.526. The highest BCUT2D eigenvalue weighted by molar-refractivity contribution is 5.91. The highest BCUT2D eigenvalue weighted by atomic mass is 16.6. The number of hydrogen-bond donors (Lipinski definition) is 2. The van der Waals surface area contributed by atoms with Crippen molar-refractivity contribution >= 4 is 23.2 Å². The number of amides is 1. The molecule has 1 saturated heterocycles. The standard InChI is InChI=1S/C20H26N6O4/c1-2-21-20(23-10-9-22-16-6-3-4-7-17(16)26(28)29)25-13-11-24(12-14-25)19(27)18-8-5-15-30-18/h3-8,15,22H,2,9-14H2,1H3,(H,21,23). The number of guanidine groups is 1. The molecule has 0 aliphatic carbocycles. The molecule has 160 valence electrons. The van der Waals surface area contributed by atoms with Gasteiger partial charge in [-0.25, -0.2) is 0 Å². The fraction of sp³-hybridized carbons (Fsp3) is 0.400. The van der Waals surface area contributed by atoms with Gasteiger partial charge < -0.3 is 24.9 Å². The largest absolute Gasteiger partial charge is 0.459 e. The minimum Gasteiger partial charge on any atom is -0.459 e. The first kappa shape index (κ1) is 21.2. The third-order valence-corrected chi connectivity index (χ3v) is 4.72. The topological polar surface area (TPSA) is 116 Å². The van der Waals surface area contributed by atoms with Crippen molar-refractivity contribution in [2.24, 2.45) is 4.99 Å². The lowest BCUT2D eigenvalue weighted by Crippen LogP contribution is -2.53. The third kappa shape index (κ3) is 5.28. The van der Waals surface area contributed by atoms with Crippen molar-refractivity contribution in [1.82, 2.24) is 15.1 Å². The van der Waals surface area contributed by atoms with Crippen LogP contribution in [0.5, 0.6) is 0 Å². The predicted octanol–water partition coefficient (Wildman–Crippen LogP) is 2.02. The van der Waals surface area contributed by atoms with Gasteiger partial charge in [-0.15, -0.1) is 0 Å². The van der Waals surface area contributed by atoms with Crippen molar-refractivity contribution in [3.63, 3.8) is 0 Å². The second kappa shape index (κ2) is 10.3. The molecule has 1 aliphatic rings. The van der Waals surface area contributed by atoms with E-state index in [1.807, 2.05) is 6.92 Å². The lowest BCUT2D eigenvalue weighted by Gasteiger charge is -2.36. The van der Waals surface area contributed by atoms with Crippen molar-refractivity contribution in [1.29, 1.82) is 0 Å². The highest BCUT2D eigenvalue weighted by Crippen LogP contribution is 2.22. The van der Waals surface area contributed by atoms with Gasteiger partial charge in [0.1, 0.15) is 5.69 Å². The Morgan fingerprint density at radius 3 is 2.57 bits per heavy atom. The first-order valence-corrected chi connectivity index (χ1v) is 9.93. The minimum absolute atomic E-state index is 0.0470. The quantitative estimate of drug-likeness (QED) is 0.234. The molecule has 2 heterocycles. The molecule has 1 fully saturated rings. The summed E-state index contributed by atoms with van der Waals surface area (Å²) in [5, 5.41) is 17.4. The first-order chi connectivity index (χ1) is 14.6. The molecule has 3 rings (SSSR count). The number of benzene rings is 1. The lowest BCUT2D eigenvalue weighted by atomic mass is 10.2. The van der Waals surface area contributed by atoms with Gasteiger partial charge in [-0.2, -0.15) is 0 Å². The summed E-state index contributed by atoms with van der Waals surface area (Å²) in [6.07, 6.45) is 1.50. The van der Waals surface area contributed by atoms with Gasteiger partial charge in [0.25, 0.3) is 11.6 Å². The van der Waals surface area contributed by atoms with Crippen LogP contribution in [0.15, 0.2) is 52.1 Å². The van der Waals surface area contributed by atoms with E-state index in [4.69, 9.17) is 4.42 Å². The number of nitrogens with one attached hydrogen (secondary N) is 2. The van der Waals surface area contributed by atoms with Crippen molar-refractivity contribution in [2.75, 3.05) is 51.1 Å². The molecule has 0 unspecified atom stereocenters. The summed E-state index contributed by atoms with van der Waals surface area (Å²) in [6.45, 7) is 6.14. The van der Waals surface area contributed by atoms with Crippen LogP contribution >= 0.6 is 0 Å². The van der Waals surface area contributed by atoms with E-state index in [0.29, 0.717) is 50.7 Å². The number of carbonyl (C=O) groups is 1. The number of carbonyl (C=O) groups excluding carboxylic acids is 1. The monoisotopic (exact) mass is 414 g/mol. The minimum atomic E-state index is -0.404. The average molecular weight is 414 g/mol. The van der Waals surface area contributed by atoms with Crippen molar-refractivity contribution < 1.29 is 14.1 Å². The van der Waals surface area contributed by atoms with Crippen LogP contribution in [0.3, 0.4) is 0 Å². The number of para-hydroxylation sites is 2. The van der Waals surface area contributed by atoms with Gasteiger partial charge in [-0.05, 0) is 25.1 Å². The van der Waals surface area contributed by atoms with Crippen molar-refractivity contribution in [3.05, 3.63) is 58.5 Å². The van der Waals surface area contributed by atoms with Gasteiger partial charge in [-0.3, -0.25) is 19.9 Å². The van der Waals surface area contributed by atoms with Gasteiger partial charge in [0.2, 0.25) is 0 Å². The first-order valence-electron chi connectivity index (χ1n) is 9.93. The van der Waals surface area contributed by atoms with Gasteiger partial charge in [0.15, 0.2) is 11.7 Å². The molecule has 2 N–H and O–H groups in total. The van der Waals surface area contributed by atoms with Crippen LogP contribution in [0.1, 0.15) is 17.5 Å². The number of furan rings is 1. The Labute approximate surface area is 174 Å². The second-order valence-electron chi connectivity index (χ2n) is 6.69. The predicted molar refractivity (Wildman–Crippen MR) is 114 cm³/mol. The van der Waals surface area contributed by atoms with E-state index >= 15 is 0 Å². The molecule has 0 atom stereocenters. The normalized spacial score (nSPS) is 14.5. The maximum Gasteiger partial charge on any atom is 0.292 e. The second-order valence-corrected chi connectivity index (χ2v) is 6.69. The Kier molecular flexibility index (Phi) is 7.25. The zero-order chi connectivity index (χ0) is 21.3. The Balaban J connectivity index is 1.53. The van der Waals surface area contributed by atoms with Crippen LogP contribution in [0.2, 0.25) is 0 Å². The zero-order valence-electron chi connectivity index (χ0n) is 16.9. The molecule has 10 nitrogen and oxygen atoms in total. The maximum atomic E-state index is 12.4. The smallest absolute Gasteiger partial charge is 0.292 e. The number of aliphatic imine (C=N–C) groups is 1. The van der Waals surface area contributed by atoms with Crippen LogP contribution in [0.4, 0.5) is 11.4 Å². The van der Waals surface area contributed by atoms with Crippen molar-refractivity contribution in [2.45, 2.75) is 6.92 Å². The molecule has 0 radical (unpaired) electrons. The van der Waals surface area contributed by atoms with Crippen molar-refractivity contribution in [3.8, 4) is 0 Å².